The van der Waals surface area contributed by atoms with Gasteiger partial charge >= 0.3 is 0 Å². The van der Waals surface area contributed by atoms with E-state index in [0.29, 0.717) is 11.3 Å². The number of methoxy groups -OCH3 is 1. The number of aromatic amines is 1. The average molecular weight is 466 g/mol. The molecular formula is C32H35NO2. The number of carbonyl (C=O) groups excluding carboxylic acids is 1. The highest BCUT2D eigenvalue weighted by molar-refractivity contribution is 6.12. The standard InChI is InChI=1S/C32H35NO2/c1-31(2,3)24-14-8-21(9-15-24)27-20-28(22-10-16-25(17-11-22)32(4,5)6)33-29(27)30(34)23-12-18-26(35-7)19-13-23/h8-20,33H,1-7H3. The first-order valence-corrected chi connectivity index (χ1v) is 12.1. The Morgan fingerprint density at radius 2 is 1.17 bits per heavy atom. The topological polar surface area (TPSA) is 42.1 Å². The molecular weight excluding hydrogens is 430 g/mol. The fourth-order valence-corrected chi connectivity index (χ4v) is 4.20. The number of H-pyrrole nitrogens is 1. The number of hydrogen-bond acceptors (Lipinski definition) is 2. The second-order valence-corrected chi connectivity index (χ2v) is 11.2. The molecule has 1 heterocycles. The minimum Gasteiger partial charge on any atom is -0.497 e. The van der Waals surface area contributed by atoms with E-state index in [0.717, 1.165) is 28.1 Å². The van der Waals surface area contributed by atoms with Crippen molar-refractivity contribution in [2.75, 3.05) is 7.11 Å². The van der Waals surface area contributed by atoms with Gasteiger partial charge in [0.15, 0.2) is 0 Å². The Labute approximate surface area is 209 Å². The van der Waals surface area contributed by atoms with Crippen LogP contribution in [0.3, 0.4) is 0 Å². The summed E-state index contributed by atoms with van der Waals surface area (Å²) in [5.41, 5.74) is 7.81. The van der Waals surface area contributed by atoms with Gasteiger partial charge in [-0.3, -0.25) is 4.79 Å². The minimum absolute atomic E-state index is 0.0416. The van der Waals surface area contributed by atoms with E-state index in [-0.39, 0.29) is 16.6 Å². The predicted octanol–water partition coefficient (Wildman–Crippen LogP) is 8.18. The molecule has 0 saturated carbocycles. The summed E-state index contributed by atoms with van der Waals surface area (Å²) in [6.07, 6.45) is 0. The van der Waals surface area contributed by atoms with Crippen molar-refractivity contribution in [3.63, 3.8) is 0 Å². The highest BCUT2D eigenvalue weighted by Crippen LogP contribution is 2.34. The number of carbonyl (C=O) groups is 1. The smallest absolute Gasteiger partial charge is 0.209 e. The fourth-order valence-electron chi connectivity index (χ4n) is 4.20. The van der Waals surface area contributed by atoms with Crippen molar-refractivity contribution in [3.8, 4) is 28.1 Å². The van der Waals surface area contributed by atoms with E-state index in [9.17, 15) is 4.79 Å². The number of hydrogen-bond donors (Lipinski definition) is 1. The molecule has 0 saturated heterocycles. The molecule has 0 aliphatic heterocycles. The first-order chi connectivity index (χ1) is 16.5. The summed E-state index contributed by atoms with van der Waals surface area (Å²) < 4.78 is 5.26. The third-order valence-corrected chi connectivity index (χ3v) is 6.52. The molecule has 4 rings (SSSR count). The Morgan fingerprint density at radius 3 is 1.63 bits per heavy atom. The van der Waals surface area contributed by atoms with Gasteiger partial charge < -0.3 is 9.72 Å². The van der Waals surface area contributed by atoms with Gasteiger partial charge in [-0.15, -0.1) is 0 Å². The zero-order valence-corrected chi connectivity index (χ0v) is 21.8. The highest BCUT2D eigenvalue weighted by Gasteiger charge is 2.21. The van der Waals surface area contributed by atoms with Crippen LogP contribution < -0.4 is 4.74 Å². The zero-order chi connectivity index (χ0) is 25.4. The van der Waals surface area contributed by atoms with Crippen molar-refractivity contribution in [3.05, 3.63) is 101 Å². The number of nitrogens with one attached hydrogen (secondary N) is 1. The van der Waals surface area contributed by atoms with Crippen LogP contribution in [0.25, 0.3) is 22.4 Å². The fraction of sp³-hybridized carbons (Fsp3) is 0.281. The summed E-state index contributed by atoms with van der Waals surface area (Å²) in [7, 11) is 1.62. The Balaban J connectivity index is 1.80. The third kappa shape index (κ3) is 5.24. The Bertz CT molecular complexity index is 1310. The monoisotopic (exact) mass is 465 g/mol. The maximum Gasteiger partial charge on any atom is 0.209 e. The molecule has 1 N–H and O–H groups in total. The van der Waals surface area contributed by atoms with Crippen LogP contribution in [-0.2, 0) is 10.8 Å². The van der Waals surface area contributed by atoms with Crippen molar-refractivity contribution < 1.29 is 9.53 Å². The average Bonchev–Trinajstić information content (AvgIpc) is 3.28. The Hall–Kier alpha value is -3.59. The van der Waals surface area contributed by atoms with E-state index in [1.54, 1.807) is 7.11 Å². The molecule has 3 nitrogen and oxygen atoms in total. The van der Waals surface area contributed by atoms with Crippen LogP contribution in [0.1, 0.15) is 68.7 Å². The van der Waals surface area contributed by atoms with E-state index in [2.05, 4.69) is 101 Å². The van der Waals surface area contributed by atoms with Crippen LogP contribution >= 0.6 is 0 Å². The molecule has 0 aliphatic rings. The lowest BCUT2D eigenvalue weighted by Gasteiger charge is -2.19. The van der Waals surface area contributed by atoms with Gasteiger partial charge in [-0.05, 0) is 63.4 Å². The van der Waals surface area contributed by atoms with Crippen molar-refractivity contribution in [2.45, 2.75) is 52.4 Å². The Kier molecular flexibility index (Phi) is 6.46. The second kappa shape index (κ2) is 9.22. The van der Waals surface area contributed by atoms with Crippen LogP contribution in [0.2, 0.25) is 0 Å². The molecule has 0 bridgehead atoms. The van der Waals surface area contributed by atoms with Gasteiger partial charge in [0.05, 0.1) is 12.8 Å². The summed E-state index contributed by atoms with van der Waals surface area (Å²) in [4.78, 5) is 17.1. The molecule has 0 radical (unpaired) electrons. The van der Waals surface area contributed by atoms with Crippen LogP contribution in [0.4, 0.5) is 0 Å². The number of rotatable bonds is 5. The molecule has 0 fully saturated rings. The van der Waals surface area contributed by atoms with Gasteiger partial charge in [0.25, 0.3) is 0 Å². The largest absolute Gasteiger partial charge is 0.497 e. The van der Waals surface area contributed by atoms with E-state index < -0.39 is 0 Å². The number of benzene rings is 3. The number of ketones is 1. The van der Waals surface area contributed by atoms with Crippen molar-refractivity contribution in [1.82, 2.24) is 4.98 Å². The van der Waals surface area contributed by atoms with Crippen LogP contribution in [0.5, 0.6) is 5.75 Å². The van der Waals surface area contributed by atoms with Crippen molar-refractivity contribution >= 4 is 5.78 Å². The first-order valence-electron chi connectivity index (χ1n) is 12.1. The third-order valence-electron chi connectivity index (χ3n) is 6.52. The normalized spacial score (nSPS) is 12.0. The second-order valence-electron chi connectivity index (χ2n) is 11.2. The quantitative estimate of drug-likeness (QED) is 0.302. The van der Waals surface area contributed by atoms with Gasteiger partial charge in [0, 0.05) is 16.8 Å². The molecule has 0 unspecified atom stereocenters. The molecule has 1 aromatic heterocycles. The zero-order valence-electron chi connectivity index (χ0n) is 21.8. The lowest BCUT2D eigenvalue weighted by molar-refractivity contribution is 0.103. The molecule has 4 aromatic rings. The molecule has 180 valence electrons. The number of ether oxygens (including phenoxy) is 1. The summed E-state index contributed by atoms with van der Waals surface area (Å²) in [5.74, 6) is 0.686. The van der Waals surface area contributed by atoms with Gasteiger partial charge in [-0.1, -0.05) is 90.1 Å². The van der Waals surface area contributed by atoms with E-state index in [1.165, 1.54) is 11.1 Å². The molecule has 35 heavy (non-hydrogen) atoms. The van der Waals surface area contributed by atoms with Crippen molar-refractivity contribution in [1.29, 1.82) is 0 Å². The number of aromatic nitrogens is 1. The molecule has 3 aromatic carbocycles. The minimum atomic E-state index is -0.0416. The molecule has 0 spiro atoms. The van der Waals surface area contributed by atoms with Gasteiger partial charge in [0.2, 0.25) is 5.78 Å². The van der Waals surface area contributed by atoms with Gasteiger partial charge in [-0.2, -0.15) is 0 Å². The summed E-state index contributed by atoms with van der Waals surface area (Å²) >= 11 is 0. The lowest BCUT2D eigenvalue weighted by atomic mass is 9.86. The molecule has 0 aliphatic carbocycles. The molecule has 0 amide bonds. The van der Waals surface area contributed by atoms with Gasteiger partial charge in [-0.25, -0.2) is 0 Å². The maximum atomic E-state index is 13.6. The van der Waals surface area contributed by atoms with Crippen LogP contribution in [0, 0.1) is 0 Å². The SMILES string of the molecule is COc1ccc(C(=O)c2[nH]c(-c3ccc(C(C)(C)C)cc3)cc2-c2ccc(C(C)(C)C)cc2)cc1. The lowest BCUT2D eigenvalue weighted by Crippen LogP contribution is -2.10. The summed E-state index contributed by atoms with van der Waals surface area (Å²) in [5, 5.41) is 0. The summed E-state index contributed by atoms with van der Waals surface area (Å²) in [6, 6.07) is 26.5. The van der Waals surface area contributed by atoms with Crippen LogP contribution in [0.15, 0.2) is 78.9 Å². The molecule has 0 atom stereocenters. The first kappa shape index (κ1) is 24.5. The van der Waals surface area contributed by atoms with Crippen molar-refractivity contribution in [2.24, 2.45) is 0 Å². The predicted molar refractivity (Wildman–Crippen MR) is 145 cm³/mol. The Morgan fingerprint density at radius 1 is 0.686 bits per heavy atom. The highest BCUT2D eigenvalue weighted by atomic mass is 16.5. The van der Waals surface area contributed by atoms with Crippen LogP contribution in [-0.4, -0.2) is 17.9 Å². The summed E-state index contributed by atoms with van der Waals surface area (Å²) in [6.45, 7) is 13.2. The maximum absolute atomic E-state index is 13.6. The van der Waals surface area contributed by atoms with E-state index in [1.807, 2.05) is 24.3 Å². The van der Waals surface area contributed by atoms with E-state index in [4.69, 9.17) is 4.74 Å². The molecule has 3 heteroatoms. The van der Waals surface area contributed by atoms with Gasteiger partial charge in [0.1, 0.15) is 5.75 Å². The van der Waals surface area contributed by atoms with E-state index >= 15 is 0 Å².